The number of piperidine rings is 1. The lowest BCUT2D eigenvalue weighted by Gasteiger charge is -2.46. The Morgan fingerprint density at radius 2 is 2.02 bits per heavy atom. The zero-order valence-electron chi connectivity index (χ0n) is 24.5. The standard InChI is InChI=1S/C32H37N9O3/c33-15-23-12-22-13-27(22)41(23)28(42)16-36-26(17-2-1-3-17)14-32(31-37-39-40-38-31)24-8-6-20(29(34)43)10-18(24)4-5-19-11-21(30(35)44)7-9-25(19)32/h6-11,17-18,22-24,26-27,36H,1-5,12-14,16H2,(H2,34,43)(H2,35,44)(H,37,38,39,40)/t18?,22-,23?,24?,26-,27+,32?/m1/s1. The van der Waals surface area contributed by atoms with Gasteiger partial charge in [0.15, 0.2) is 5.82 Å². The first-order valence-electron chi connectivity index (χ1n) is 15.6. The molecule has 44 heavy (non-hydrogen) atoms. The van der Waals surface area contributed by atoms with Crippen LogP contribution in [0, 0.1) is 35.0 Å². The molecule has 7 atom stereocenters. The number of aromatic nitrogens is 4. The molecule has 1 aromatic carbocycles. The molecule has 12 heteroatoms. The fourth-order valence-corrected chi connectivity index (χ4v) is 8.38. The summed E-state index contributed by atoms with van der Waals surface area (Å²) in [4.78, 5) is 39.8. The van der Waals surface area contributed by atoms with Crippen molar-refractivity contribution >= 4 is 17.7 Å². The number of nitrogens with two attached hydrogens (primary N) is 2. The normalized spacial score (nSPS) is 30.9. The van der Waals surface area contributed by atoms with Crippen LogP contribution in [0.25, 0.3) is 0 Å². The monoisotopic (exact) mass is 595 g/mol. The van der Waals surface area contributed by atoms with Gasteiger partial charge < -0.3 is 21.7 Å². The van der Waals surface area contributed by atoms with Crippen LogP contribution >= 0.6 is 0 Å². The minimum atomic E-state index is -0.809. The minimum absolute atomic E-state index is 0.0312. The number of primary amides is 2. The number of amides is 3. The largest absolute Gasteiger partial charge is 0.366 e. The fourth-order valence-electron chi connectivity index (χ4n) is 8.38. The number of nitriles is 1. The van der Waals surface area contributed by atoms with E-state index in [2.05, 4.69) is 38.1 Å². The Morgan fingerprint density at radius 3 is 2.70 bits per heavy atom. The summed E-state index contributed by atoms with van der Waals surface area (Å²) >= 11 is 0. The maximum absolute atomic E-state index is 13.5. The molecule has 2 saturated carbocycles. The van der Waals surface area contributed by atoms with Crippen LogP contribution in [0.3, 0.4) is 0 Å². The van der Waals surface area contributed by atoms with Crippen LogP contribution in [0.2, 0.25) is 0 Å². The highest BCUT2D eigenvalue weighted by molar-refractivity contribution is 5.95. The fraction of sp³-hybridized carbons (Fsp3) is 0.531. The molecule has 0 spiro atoms. The molecule has 0 radical (unpaired) electrons. The van der Waals surface area contributed by atoms with Gasteiger partial charge in [0.1, 0.15) is 6.04 Å². The number of benzene rings is 1. The second-order valence-corrected chi connectivity index (χ2v) is 13.1. The van der Waals surface area contributed by atoms with Gasteiger partial charge in [-0.25, -0.2) is 0 Å². The Hall–Kier alpha value is -4.37. The predicted molar refractivity (Wildman–Crippen MR) is 158 cm³/mol. The number of H-pyrrole nitrogens is 1. The maximum Gasteiger partial charge on any atom is 0.248 e. The van der Waals surface area contributed by atoms with Crippen LogP contribution in [0.4, 0.5) is 0 Å². The third-order valence-electron chi connectivity index (χ3n) is 10.9. The van der Waals surface area contributed by atoms with Crippen molar-refractivity contribution in [1.82, 2.24) is 30.8 Å². The summed E-state index contributed by atoms with van der Waals surface area (Å²) in [5.41, 5.74) is 13.4. The number of nitrogens with one attached hydrogen (secondary N) is 2. The van der Waals surface area contributed by atoms with E-state index in [1.165, 1.54) is 0 Å². The van der Waals surface area contributed by atoms with Gasteiger partial charge in [-0.1, -0.05) is 35.9 Å². The highest BCUT2D eigenvalue weighted by Gasteiger charge is 2.55. The molecule has 2 heterocycles. The Morgan fingerprint density at radius 1 is 1.18 bits per heavy atom. The number of aromatic amines is 1. The van der Waals surface area contributed by atoms with Crippen molar-refractivity contribution in [2.24, 2.45) is 35.1 Å². The summed E-state index contributed by atoms with van der Waals surface area (Å²) in [7, 11) is 0. The van der Waals surface area contributed by atoms with Gasteiger partial charge in [-0.3, -0.25) is 14.4 Å². The zero-order valence-corrected chi connectivity index (χ0v) is 24.5. The van der Waals surface area contributed by atoms with Crippen molar-refractivity contribution in [2.45, 2.75) is 74.9 Å². The van der Waals surface area contributed by atoms with Gasteiger partial charge in [0.2, 0.25) is 17.7 Å². The number of aryl methyl sites for hydroxylation is 1. The van der Waals surface area contributed by atoms with E-state index in [-0.39, 0.29) is 42.4 Å². The first kappa shape index (κ1) is 28.4. The van der Waals surface area contributed by atoms with E-state index in [0.29, 0.717) is 48.1 Å². The smallest absolute Gasteiger partial charge is 0.248 e. The van der Waals surface area contributed by atoms with Gasteiger partial charge in [-0.2, -0.15) is 10.5 Å². The molecule has 6 N–H and O–H groups in total. The molecule has 12 nitrogen and oxygen atoms in total. The SMILES string of the molecule is N#CC1C[C@@H]2C[C@@H]2N1C(=O)CN[C@H](CC1(c2nn[nH]n2)c2ccc(C(N)=O)cc2CCC2C=C(C(N)=O)C=CC21)C1CCC1. The number of rotatable bonds is 9. The third kappa shape index (κ3) is 4.70. The molecular formula is C32H37N9O3. The highest BCUT2D eigenvalue weighted by atomic mass is 16.2. The van der Waals surface area contributed by atoms with Crippen molar-refractivity contribution in [3.05, 3.63) is 64.5 Å². The average molecular weight is 596 g/mol. The van der Waals surface area contributed by atoms with E-state index in [1.54, 1.807) is 17.0 Å². The third-order valence-corrected chi connectivity index (χ3v) is 10.9. The molecule has 3 amide bonds. The molecule has 228 valence electrons. The van der Waals surface area contributed by atoms with Gasteiger partial charge in [-0.15, -0.1) is 10.2 Å². The predicted octanol–water partition coefficient (Wildman–Crippen LogP) is 1.41. The topological polar surface area (TPSA) is 197 Å². The number of carbonyl (C=O) groups excluding carboxylic acids is 3. The maximum atomic E-state index is 13.5. The number of hydrogen-bond acceptors (Lipinski definition) is 8. The van der Waals surface area contributed by atoms with E-state index in [1.807, 2.05) is 18.2 Å². The summed E-state index contributed by atoms with van der Waals surface area (Å²) in [6.45, 7) is 0.147. The summed E-state index contributed by atoms with van der Waals surface area (Å²) in [6.07, 6.45) is 12.7. The zero-order chi connectivity index (χ0) is 30.6. The summed E-state index contributed by atoms with van der Waals surface area (Å²) < 4.78 is 0. The van der Waals surface area contributed by atoms with E-state index in [9.17, 15) is 19.6 Å². The first-order valence-corrected chi connectivity index (χ1v) is 15.6. The minimum Gasteiger partial charge on any atom is -0.366 e. The Labute approximate surface area is 255 Å². The molecule has 4 unspecified atom stereocenters. The van der Waals surface area contributed by atoms with Gasteiger partial charge >= 0.3 is 0 Å². The van der Waals surface area contributed by atoms with E-state index >= 15 is 0 Å². The van der Waals surface area contributed by atoms with Crippen LogP contribution in [0.15, 0.2) is 42.0 Å². The van der Waals surface area contributed by atoms with Crippen molar-refractivity contribution in [2.75, 3.05) is 6.54 Å². The number of allylic oxidation sites excluding steroid dienone is 2. The quantitative estimate of drug-likeness (QED) is 0.334. The number of nitrogens with zero attached hydrogens (tertiary/aromatic N) is 5. The molecule has 1 saturated heterocycles. The van der Waals surface area contributed by atoms with Crippen molar-refractivity contribution in [3.63, 3.8) is 0 Å². The number of fused-ring (bicyclic) bond motifs is 3. The molecule has 3 fully saturated rings. The van der Waals surface area contributed by atoms with Gasteiger partial charge in [0.25, 0.3) is 0 Å². The van der Waals surface area contributed by atoms with Crippen LogP contribution in [-0.2, 0) is 21.4 Å². The van der Waals surface area contributed by atoms with E-state index < -0.39 is 17.2 Å². The average Bonchev–Trinajstić information content (AvgIpc) is 3.38. The van der Waals surface area contributed by atoms with Crippen LogP contribution in [0.1, 0.15) is 72.3 Å². The Bertz CT molecular complexity index is 1590. The van der Waals surface area contributed by atoms with Crippen LogP contribution in [-0.4, -0.2) is 67.9 Å². The van der Waals surface area contributed by atoms with Crippen LogP contribution < -0.4 is 16.8 Å². The van der Waals surface area contributed by atoms with Crippen molar-refractivity contribution in [1.29, 1.82) is 5.26 Å². The second kappa shape index (κ2) is 11.0. The number of hydrogen-bond donors (Lipinski definition) is 4. The van der Waals surface area contributed by atoms with Crippen molar-refractivity contribution < 1.29 is 14.4 Å². The summed E-state index contributed by atoms with van der Waals surface area (Å²) in [6, 6.07) is 7.68. The Kier molecular flexibility index (Phi) is 7.08. The van der Waals surface area contributed by atoms with Gasteiger partial charge in [0.05, 0.1) is 18.0 Å². The van der Waals surface area contributed by atoms with E-state index in [4.69, 9.17) is 11.5 Å². The van der Waals surface area contributed by atoms with E-state index in [0.717, 1.165) is 43.2 Å². The summed E-state index contributed by atoms with van der Waals surface area (Å²) in [5, 5.41) is 29.1. The summed E-state index contributed by atoms with van der Waals surface area (Å²) in [5.74, 6) is 0.0732. The van der Waals surface area contributed by atoms with Crippen LogP contribution in [0.5, 0.6) is 0 Å². The van der Waals surface area contributed by atoms with Gasteiger partial charge in [0, 0.05) is 29.1 Å². The molecule has 5 aliphatic rings. The molecule has 1 aliphatic heterocycles. The molecule has 0 bridgehead atoms. The lowest BCUT2D eigenvalue weighted by molar-refractivity contribution is -0.131. The molecule has 4 aliphatic carbocycles. The number of tetrazole rings is 1. The molecule has 1 aromatic heterocycles. The lowest BCUT2D eigenvalue weighted by Crippen LogP contribution is -2.52. The first-order chi connectivity index (χ1) is 21.3. The Balaban J connectivity index is 1.30. The van der Waals surface area contributed by atoms with Gasteiger partial charge in [-0.05, 0) is 86.0 Å². The second-order valence-electron chi connectivity index (χ2n) is 13.1. The number of likely N-dealkylation sites (tertiary alicyclic amines) is 1. The lowest BCUT2D eigenvalue weighted by atomic mass is 9.59. The number of carbonyl (C=O) groups is 3. The van der Waals surface area contributed by atoms with Crippen molar-refractivity contribution in [3.8, 4) is 6.07 Å². The molecule has 2 aromatic rings. The highest BCUT2D eigenvalue weighted by Crippen LogP contribution is 2.53. The molecule has 7 rings (SSSR count). The molecular weight excluding hydrogens is 558 g/mol.